The first-order chi connectivity index (χ1) is 15.1. The van der Waals surface area contributed by atoms with E-state index in [1.54, 1.807) is 12.5 Å². The maximum atomic E-state index is 8.45. The van der Waals surface area contributed by atoms with Crippen molar-refractivity contribution in [2.45, 2.75) is 52.4 Å². The van der Waals surface area contributed by atoms with Crippen molar-refractivity contribution in [2.75, 3.05) is 0 Å². The molecular weight excluding hydrogens is 377 g/mol. The molecule has 0 saturated heterocycles. The molecule has 0 aliphatic carbocycles. The van der Waals surface area contributed by atoms with Gasteiger partial charge in [-0.1, -0.05) is 67.0 Å². The lowest BCUT2D eigenvalue weighted by Crippen LogP contribution is -2.04. The van der Waals surface area contributed by atoms with E-state index in [0.29, 0.717) is 5.92 Å². The highest BCUT2D eigenvalue weighted by Gasteiger charge is 2.16. The monoisotopic (exact) mass is 409 g/mol. The zero-order valence-electron chi connectivity index (χ0n) is 18.9. The summed E-state index contributed by atoms with van der Waals surface area (Å²) in [5.74, 6) is 0.482. The summed E-state index contributed by atoms with van der Waals surface area (Å²) in [6.45, 7) is 7.02. The van der Waals surface area contributed by atoms with Crippen LogP contribution in [0.4, 0.5) is 0 Å². The van der Waals surface area contributed by atoms with Gasteiger partial charge in [-0.05, 0) is 55.9 Å². The van der Waals surface area contributed by atoms with Crippen LogP contribution < -0.4 is 0 Å². The third kappa shape index (κ3) is 7.94. The molecule has 0 aliphatic heterocycles. The predicted octanol–water partition coefficient (Wildman–Crippen LogP) is 6.40. The van der Waals surface area contributed by atoms with E-state index in [4.69, 9.17) is 13.1 Å². The Morgan fingerprint density at radius 3 is 2.13 bits per heavy atom. The molecule has 0 fully saturated rings. The molecule has 3 aromatic rings. The highest BCUT2D eigenvalue weighted by atomic mass is 15.0. The summed E-state index contributed by atoms with van der Waals surface area (Å²) in [4.78, 5) is 3.86. The van der Waals surface area contributed by atoms with Crippen LogP contribution >= 0.6 is 0 Å². The number of hydrogen-bond acceptors (Lipinski definition) is 2. The van der Waals surface area contributed by atoms with Crippen LogP contribution in [0.3, 0.4) is 0 Å². The van der Waals surface area contributed by atoms with Crippen LogP contribution in [-0.2, 0) is 6.54 Å². The number of hydrogen-bond donors (Lipinski definition) is 0. The second-order valence-corrected chi connectivity index (χ2v) is 7.84. The maximum absolute atomic E-state index is 8.45. The summed E-state index contributed by atoms with van der Waals surface area (Å²) in [6, 6.07) is 19.5. The van der Waals surface area contributed by atoms with E-state index in [1.165, 1.54) is 22.3 Å². The van der Waals surface area contributed by atoms with Gasteiger partial charge in [0.25, 0.3) is 0 Å². The van der Waals surface area contributed by atoms with E-state index in [2.05, 4.69) is 85.6 Å². The molecule has 0 bridgehead atoms. The van der Waals surface area contributed by atoms with Crippen LogP contribution in [0, 0.1) is 31.1 Å². The molecule has 1 heterocycles. The Hall–Kier alpha value is -3.06. The topological polar surface area (TPSA) is 41.6 Å². The molecule has 4 heteroatoms. The molecule has 0 spiro atoms. The first-order valence-corrected chi connectivity index (χ1v) is 10.9. The SMILES string of the molecule is CC(C#N)Cn1ccnc1.[B]CCC=CCC(c1ccccc1C)c1ccccc1C. The van der Waals surface area contributed by atoms with Crippen LogP contribution in [0.15, 0.2) is 79.4 Å². The summed E-state index contributed by atoms with van der Waals surface area (Å²) < 4.78 is 1.90. The van der Waals surface area contributed by atoms with Gasteiger partial charge in [-0.25, -0.2) is 4.98 Å². The van der Waals surface area contributed by atoms with Crippen molar-refractivity contribution in [1.82, 2.24) is 9.55 Å². The fourth-order valence-electron chi connectivity index (χ4n) is 3.58. The number of aryl methyl sites for hydroxylation is 2. The van der Waals surface area contributed by atoms with E-state index in [0.717, 1.165) is 25.7 Å². The highest BCUT2D eigenvalue weighted by Crippen LogP contribution is 2.32. The van der Waals surface area contributed by atoms with Crippen molar-refractivity contribution in [3.05, 3.63) is 102 Å². The van der Waals surface area contributed by atoms with Crippen molar-refractivity contribution in [2.24, 2.45) is 5.92 Å². The van der Waals surface area contributed by atoms with Crippen molar-refractivity contribution in [3.63, 3.8) is 0 Å². The van der Waals surface area contributed by atoms with E-state index in [-0.39, 0.29) is 5.92 Å². The summed E-state index contributed by atoms with van der Waals surface area (Å²) in [6.07, 6.45) is 12.4. The first-order valence-electron chi connectivity index (χ1n) is 10.9. The lowest BCUT2D eigenvalue weighted by atomic mass is 9.84. The molecule has 1 atom stereocenters. The minimum atomic E-state index is 0.0641. The van der Waals surface area contributed by atoms with Gasteiger partial charge in [-0.2, -0.15) is 5.26 Å². The van der Waals surface area contributed by atoms with Crippen LogP contribution in [-0.4, -0.2) is 17.4 Å². The fraction of sp³-hybridized carbons (Fsp3) is 0.333. The molecule has 2 radical (unpaired) electrons. The van der Waals surface area contributed by atoms with E-state index in [9.17, 15) is 0 Å². The fourth-order valence-corrected chi connectivity index (χ4v) is 3.58. The summed E-state index contributed by atoms with van der Waals surface area (Å²) in [5, 5.41) is 8.45. The number of nitriles is 1. The Labute approximate surface area is 188 Å². The number of benzene rings is 2. The number of allylic oxidation sites excluding steroid dienone is 2. The summed E-state index contributed by atoms with van der Waals surface area (Å²) in [7, 11) is 5.56. The first kappa shape index (κ1) is 24.2. The van der Waals surface area contributed by atoms with E-state index in [1.807, 2.05) is 17.7 Å². The summed E-state index contributed by atoms with van der Waals surface area (Å²) in [5.41, 5.74) is 5.56. The van der Waals surface area contributed by atoms with Gasteiger partial charge in [0.1, 0.15) is 0 Å². The standard InChI is InChI=1S/C20H23B.C7H9N3/c1-16-10-5-7-12-18(16)20(14-4-3-9-15-21)19-13-8-6-11-17(19)2;1-7(4-8)5-10-3-2-9-6-10/h3-8,10-13,20H,9,14-15H2,1-2H3;2-3,6-7H,5H2,1H3. The lowest BCUT2D eigenvalue weighted by molar-refractivity contribution is 0.580. The third-order valence-corrected chi connectivity index (χ3v) is 5.26. The van der Waals surface area contributed by atoms with Gasteiger partial charge in [-0.15, -0.1) is 0 Å². The van der Waals surface area contributed by atoms with Crippen molar-refractivity contribution in [3.8, 4) is 6.07 Å². The van der Waals surface area contributed by atoms with E-state index >= 15 is 0 Å². The number of nitrogens with zero attached hydrogens (tertiary/aromatic N) is 3. The molecular formula is C27H32BN3. The van der Waals surface area contributed by atoms with Gasteiger partial charge in [0.15, 0.2) is 0 Å². The minimum absolute atomic E-state index is 0.0641. The van der Waals surface area contributed by atoms with Gasteiger partial charge in [0.2, 0.25) is 0 Å². The predicted molar refractivity (Wildman–Crippen MR) is 130 cm³/mol. The zero-order valence-corrected chi connectivity index (χ0v) is 18.9. The van der Waals surface area contributed by atoms with Crippen molar-refractivity contribution in [1.29, 1.82) is 5.26 Å². The molecule has 1 aromatic heterocycles. The molecule has 3 rings (SSSR count). The van der Waals surface area contributed by atoms with Crippen LogP contribution in [0.1, 0.15) is 47.9 Å². The molecule has 1 unspecified atom stereocenters. The molecule has 0 aliphatic rings. The van der Waals surface area contributed by atoms with Crippen molar-refractivity contribution >= 4 is 7.85 Å². The Balaban J connectivity index is 0.000000285. The molecule has 0 amide bonds. The molecule has 0 N–H and O–H groups in total. The quantitative estimate of drug-likeness (QED) is 0.319. The van der Waals surface area contributed by atoms with Gasteiger partial charge in [0.05, 0.1) is 26.2 Å². The minimum Gasteiger partial charge on any atom is -0.336 e. The average Bonchev–Trinajstić information content (AvgIpc) is 3.29. The smallest absolute Gasteiger partial charge is 0.0946 e. The molecule has 158 valence electrons. The number of imidazole rings is 1. The Bertz CT molecular complexity index is 925. The number of aromatic nitrogens is 2. The normalized spacial score (nSPS) is 11.7. The maximum Gasteiger partial charge on any atom is 0.0946 e. The van der Waals surface area contributed by atoms with Gasteiger partial charge >= 0.3 is 0 Å². The lowest BCUT2D eigenvalue weighted by Gasteiger charge is -2.20. The molecule has 31 heavy (non-hydrogen) atoms. The molecule has 0 saturated carbocycles. The zero-order chi connectivity index (χ0) is 22.5. The van der Waals surface area contributed by atoms with Crippen molar-refractivity contribution < 1.29 is 0 Å². The second kappa shape index (κ2) is 13.3. The van der Waals surface area contributed by atoms with Gasteiger partial charge in [0, 0.05) is 24.9 Å². The van der Waals surface area contributed by atoms with Gasteiger partial charge in [-0.3, -0.25) is 0 Å². The largest absolute Gasteiger partial charge is 0.336 e. The van der Waals surface area contributed by atoms with Crippen LogP contribution in [0.25, 0.3) is 0 Å². The molecule has 2 aromatic carbocycles. The summed E-state index contributed by atoms with van der Waals surface area (Å²) >= 11 is 0. The third-order valence-electron chi connectivity index (χ3n) is 5.26. The van der Waals surface area contributed by atoms with E-state index < -0.39 is 0 Å². The Morgan fingerprint density at radius 2 is 1.65 bits per heavy atom. The Kier molecular flexibility index (Phi) is 10.4. The van der Waals surface area contributed by atoms with Crippen LogP contribution in [0.5, 0.6) is 0 Å². The van der Waals surface area contributed by atoms with Crippen LogP contribution in [0.2, 0.25) is 6.32 Å². The van der Waals surface area contributed by atoms with Gasteiger partial charge < -0.3 is 4.57 Å². The average molecular weight is 409 g/mol. The Morgan fingerprint density at radius 1 is 1.03 bits per heavy atom. The molecule has 3 nitrogen and oxygen atoms in total. The number of rotatable bonds is 8. The second-order valence-electron chi connectivity index (χ2n) is 7.84. The highest BCUT2D eigenvalue weighted by molar-refractivity contribution is 6.08.